The molecule has 0 radical (unpaired) electrons. The summed E-state index contributed by atoms with van der Waals surface area (Å²) in [5.74, 6) is 5.42. The minimum atomic E-state index is -0.186. The van der Waals surface area contributed by atoms with Crippen molar-refractivity contribution in [3.8, 4) is 11.8 Å². The zero-order valence-electron chi connectivity index (χ0n) is 10.7. The largest absolute Gasteiger partial charge is 0.381 e. The van der Waals surface area contributed by atoms with Gasteiger partial charge in [-0.25, -0.2) is 4.98 Å². The number of carbonyl (C=O) groups is 1. The number of pyridine rings is 1. The molecule has 1 amide bonds. The van der Waals surface area contributed by atoms with Crippen LogP contribution in [0, 0.1) is 11.8 Å². The van der Waals surface area contributed by atoms with E-state index in [4.69, 9.17) is 10.5 Å². The molecule has 1 aromatic rings. The lowest BCUT2D eigenvalue weighted by molar-refractivity contribution is 0.0694. The first-order chi connectivity index (χ1) is 9.31. The Morgan fingerprint density at radius 2 is 2.32 bits per heavy atom. The van der Waals surface area contributed by atoms with Crippen molar-refractivity contribution >= 4 is 5.91 Å². The number of hydrogen-bond donors (Lipinski definition) is 2. The van der Waals surface area contributed by atoms with E-state index in [-0.39, 0.29) is 18.5 Å². The molecule has 2 heterocycles. The molecule has 5 nitrogen and oxygen atoms in total. The summed E-state index contributed by atoms with van der Waals surface area (Å²) in [6.07, 6.45) is 3.26. The summed E-state index contributed by atoms with van der Waals surface area (Å²) in [6.45, 7) is 1.63. The van der Waals surface area contributed by atoms with Gasteiger partial charge in [-0.2, -0.15) is 0 Å². The highest BCUT2D eigenvalue weighted by Crippen LogP contribution is 2.09. The number of amides is 1. The zero-order valence-corrected chi connectivity index (χ0v) is 10.7. The standard InChI is InChI=1S/C14H17N3O2/c15-7-1-3-11-4-2-8-16-13(11)14(18)17-12-5-9-19-10-6-12/h2,4,8,12H,5-7,9-10,15H2,(H,17,18). The van der Waals surface area contributed by atoms with Gasteiger partial charge in [0.25, 0.3) is 5.91 Å². The molecule has 3 N–H and O–H groups in total. The second-order valence-corrected chi connectivity index (χ2v) is 4.27. The predicted octanol–water partition coefficient (Wildman–Crippen LogP) is 0.301. The van der Waals surface area contributed by atoms with Crippen LogP contribution in [-0.2, 0) is 4.74 Å². The molecule has 100 valence electrons. The molecule has 1 aliphatic rings. The molecule has 1 aromatic heterocycles. The van der Waals surface area contributed by atoms with Gasteiger partial charge in [0.1, 0.15) is 5.69 Å². The quantitative estimate of drug-likeness (QED) is 0.749. The van der Waals surface area contributed by atoms with Crippen molar-refractivity contribution in [2.75, 3.05) is 19.8 Å². The van der Waals surface area contributed by atoms with Crippen LogP contribution in [0.2, 0.25) is 0 Å². The Kier molecular flexibility index (Phi) is 4.90. The van der Waals surface area contributed by atoms with E-state index in [1.165, 1.54) is 0 Å². The summed E-state index contributed by atoms with van der Waals surface area (Å²) in [7, 11) is 0. The van der Waals surface area contributed by atoms with Crippen LogP contribution in [0.15, 0.2) is 18.3 Å². The highest BCUT2D eigenvalue weighted by atomic mass is 16.5. The maximum Gasteiger partial charge on any atom is 0.271 e. The maximum absolute atomic E-state index is 12.2. The summed E-state index contributed by atoms with van der Waals surface area (Å²) in [4.78, 5) is 16.3. The van der Waals surface area contributed by atoms with Gasteiger partial charge in [0.15, 0.2) is 0 Å². The van der Waals surface area contributed by atoms with Gasteiger partial charge in [0.2, 0.25) is 0 Å². The van der Waals surface area contributed by atoms with E-state index in [1.807, 2.05) is 0 Å². The average Bonchev–Trinajstić information content (AvgIpc) is 2.46. The van der Waals surface area contributed by atoms with Crippen molar-refractivity contribution in [1.82, 2.24) is 10.3 Å². The number of rotatable bonds is 2. The van der Waals surface area contributed by atoms with Crippen LogP contribution < -0.4 is 11.1 Å². The third-order valence-corrected chi connectivity index (χ3v) is 2.90. The number of nitrogens with two attached hydrogens (primary N) is 1. The predicted molar refractivity (Wildman–Crippen MR) is 71.5 cm³/mol. The molecule has 19 heavy (non-hydrogen) atoms. The summed E-state index contributed by atoms with van der Waals surface area (Å²) in [5.41, 5.74) is 6.31. The number of nitrogens with one attached hydrogen (secondary N) is 1. The van der Waals surface area contributed by atoms with Crippen LogP contribution in [0.3, 0.4) is 0 Å². The fraction of sp³-hybridized carbons (Fsp3) is 0.429. The Morgan fingerprint density at radius 1 is 1.53 bits per heavy atom. The zero-order chi connectivity index (χ0) is 13.5. The molecule has 1 saturated heterocycles. The smallest absolute Gasteiger partial charge is 0.271 e. The normalized spacial score (nSPS) is 15.4. The summed E-state index contributed by atoms with van der Waals surface area (Å²) >= 11 is 0. The first kappa shape index (κ1) is 13.5. The minimum absolute atomic E-state index is 0.151. The Bertz CT molecular complexity index is 499. The number of nitrogens with zero attached hydrogens (tertiary/aromatic N) is 1. The second-order valence-electron chi connectivity index (χ2n) is 4.27. The van der Waals surface area contributed by atoms with E-state index in [0.717, 1.165) is 12.8 Å². The van der Waals surface area contributed by atoms with E-state index in [2.05, 4.69) is 22.1 Å². The molecule has 0 spiro atoms. The van der Waals surface area contributed by atoms with Gasteiger partial charge in [-0.3, -0.25) is 4.79 Å². The fourth-order valence-electron chi connectivity index (χ4n) is 1.93. The fourth-order valence-corrected chi connectivity index (χ4v) is 1.93. The lowest BCUT2D eigenvalue weighted by Gasteiger charge is -2.23. The summed E-state index contributed by atoms with van der Waals surface area (Å²) < 4.78 is 5.26. The Labute approximate surface area is 112 Å². The van der Waals surface area contributed by atoms with Crippen LogP contribution in [0.1, 0.15) is 28.9 Å². The van der Waals surface area contributed by atoms with Crippen molar-refractivity contribution < 1.29 is 9.53 Å². The molecule has 0 atom stereocenters. The molecule has 0 aromatic carbocycles. The monoisotopic (exact) mass is 259 g/mol. The Morgan fingerprint density at radius 3 is 3.05 bits per heavy atom. The molecule has 0 bridgehead atoms. The number of aromatic nitrogens is 1. The van der Waals surface area contributed by atoms with Crippen LogP contribution >= 0.6 is 0 Å². The van der Waals surface area contributed by atoms with Crippen LogP contribution in [0.4, 0.5) is 0 Å². The number of carbonyl (C=O) groups excluding carboxylic acids is 1. The van der Waals surface area contributed by atoms with Gasteiger partial charge in [0, 0.05) is 25.5 Å². The Balaban J connectivity index is 2.09. The highest BCUT2D eigenvalue weighted by Gasteiger charge is 2.19. The number of hydrogen-bond acceptors (Lipinski definition) is 4. The van der Waals surface area contributed by atoms with Crippen molar-refractivity contribution in [3.63, 3.8) is 0 Å². The first-order valence-corrected chi connectivity index (χ1v) is 6.34. The number of ether oxygens (including phenoxy) is 1. The van der Waals surface area contributed by atoms with E-state index < -0.39 is 0 Å². The molecule has 0 aliphatic carbocycles. The molecule has 2 rings (SSSR count). The van der Waals surface area contributed by atoms with E-state index >= 15 is 0 Å². The van der Waals surface area contributed by atoms with E-state index in [0.29, 0.717) is 24.5 Å². The van der Waals surface area contributed by atoms with Crippen molar-refractivity contribution in [1.29, 1.82) is 0 Å². The average molecular weight is 259 g/mol. The minimum Gasteiger partial charge on any atom is -0.381 e. The molecule has 1 fully saturated rings. The third kappa shape index (κ3) is 3.78. The van der Waals surface area contributed by atoms with Crippen molar-refractivity contribution in [2.24, 2.45) is 5.73 Å². The SMILES string of the molecule is NCC#Cc1cccnc1C(=O)NC1CCOCC1. The van der Waals surface area contributed by atoms with Gasteiger partial charge >= 0.3 is 0 Å². The lowest BCUT2D eigenvalue weighted by Crippen LogP contribution is -2.39. The molecule has 5 heteroatoms. The Hall–Kier alpha value is -1.90. The molecule has 0 unspecified atom stereocenters. The van der Waals surface area contributed by atoms with Gasteiger partial charge in [-0.05, 0) is 25.0 Å². The molecular weight excluding hydrogens is 242 g/mol. The van der Waals surface area contributed by atoms with Crippen LogP contribution in [-0.4, -0.2) is 36.7 Å². The van der Waals surface area contributed by atoms with E-state index in [1.54, 1.807) is 18.3 Å². The van der Waals surface area contributed by atoms with Crippen molar-refractivity contribution in [3.05, 3.63) is 29.6 Å². The van der Waals surface area contributed by atoms with Crippen LogP contribution in [0.5, 0.6) is 0 Å². The summed E-state index contributed by atoms with van der Waals surface area (Å²) in [6, 6.07) is 3.68. The molecule has 1 aliphatic heterocycles. The summed E-state index contributed by atoms with van der Waals surface area (Å²) in [5, 5.41) is 2.97. The molecular formula is C14H17N3O2. The topological polar surface area (TPSA) is 77.2 Å². The van der Waals surface area contributed by atoms with Gasteiger partial charge in [-0.15, -0.1) is 0 Å². The highest BCUT2D eigenvalue weighted by molar-refractivity contribution is 5.94. The van der Waals surface area contributed by atoms with Gasteiger partial charge in [-0.1, -0.05) is 11.8 Å². The van der Waals surface area contributed by atoms with Gasteiger partial charge < -0.3 is 15.8 Å². The third-order valence-electron chi connectivity index (χ3n) is 2.90. The second kappa shape index (κ2) is 6.88. The first-order valence-electron chi connectivity index (χ1n) is 6.34. The van der Waals surface area contributed by atoms with Crippen LogP contribution in [0.25, 0.3) is 0 Å². The van der Waals surface area contributed by atoms with Gasteiger partial charge in [0.05, 0.1) is 12.1 Å². The van der Waals surface area contributed by atoms with E-state index in [9.17, 15) is 4.79 Å². The van der Waals surface area contributed by atoms with Crippen molar-refractivity contribution in [2.45, 2.75) is 18.9 Å². The molecule has 0 saturated carbocycles. The lowest BCUT2D eigenvalue weighted by atomic mass is 10.1. The maximum atomic E-state index is 12.2.